The summed E-state index contributed by atoms with van der Waals surface area (Å²) in [6, 6.07) is 5.36. The van der Waals surface area contributed by atoms with Gasteiger partial charge in [-0.05, 0) is 18.2 Å². The second-order valence-corrected chi connectivity index (χ2v) is 4.25. The highest BCUT2D eigenvalue weighted by Crippen LogP contribution is 2.31. The van der Waals surface area contributed by atoms with Gasteiger partial charge in [-0.3, -0.25) is 0 Å². The van der Waals surface area contributed by atoms with E-state index >= 15 is 0 Å². The van der Waals surface area contributed by atoms with Gasteiger partial charge in [0.15, 0.2) is 11.5 Å². The first-order valence-electron chi connectivity index (χ1n) is 5.47. The van der Waals surface area contributed by atoms with E-state index < -0.39 is 0 Å². The number of rotatable bonds is 5. The fraction of sp³-hybridized carbons (Fsp3) is 0.250. The summed E-state index contributed by atoms with van der Waals surface area (Å²) in [5.41, 5.74) is 6.18. The molecule has 7 heteroatoms. The first-order valence-corrected chi connectivity index (χ1v) is 5.88. The van der Waals surface area contributed by atoms with Crippen molar-refractivity contribution in [2.45, 2.75) is 6.42 Å². The van der Waals surface area contributed by atoms with E-state index in [1.807, 2.05) is 6.07 Å². The van der Waals surface area contributed by atoms with E-state index in [-0.39, 0.29) is 6.42 Å². The van der Waals surface area contributed by atoms with E-state index in [4.69, 9.17) is 31.9 Å². The number of nitrogens with two attached hydrogens (primary N) is 1. The van der Waals surface area contributed by atoms with Gasteiger partial charge in [-0.2, -0.15) is 4.98 Å². The summed E-state index contributed by atoms with van der Waals surface area (Å²) in [4.78, 5) is 4.52. The van der Waals surface area contributed by atoms with Gasteiger partial charge in [-0.25, -0.2) is 0 Å². The molecular weight excluding hydrogens is 266 g/mol. The molecule has 2 rings (SSSR count). The van der Waals surface area contributed by atoms with Crippen LogP contribution in [0.5, 0.6) is 11.5 Å². The molecule has 0 radical (unpaired) electrons. The maximum atomic E-state index is 5.42. The van der Waals surface area contributed by atoms with E-state index in [0.29, 0.717) is 28.2 Å². The van der Waals surface area contributed by atoms with Crippen molar-refractivity contribution in [3.05, 3.63) is 24.1 Å². The first kappa shape index (κ1) is 13.3. The minimum Gasteiger partial charge on any atom is -0.493 e. The molecule has 0 aliphatic heterocycles. The van der Waals surface area contributed by atoms with Crippen LogP contribution in [-0.4, -0.2) is 29.3 Å². The zero-order valence-corrected chi connectivity index (χ0v) is 11.4. The Kier molecular flexibility index (Phi) is 3.96. The summed E-state index contributed by atoms with van der Waals surface area (Å²) < 4.78 is 15.4. The van der Waals surface area contributed by atoms with Gasteiger partial charge in [-0.15, -0.1) is 0 Å². The molecule has 0 fully saturated rings. The molecule has 6 nitrogen and oxygen atoms in total. The van der Waals surface area contributed by atoms with Crippen LogP contribution in [0, 0.1) is 0 Å². The molecular formula is C12H13N3O3S. The van der Waals surface area contributed by atoms with Gasteiger partial charge in [0.25, 0.3) is 0 Å². The Morgan fingerprint density at radius 3 is 2.68 bits per heavy atom. The van der Waals surface area contributed by atoms with Gasteiger partial charge in [0, 0.05) is 5.56 Å². The number of hydrogen-bond donors (Lipinski definition) is 1. The van der Waals surface area contributed by atoms with Crippen LogP contribution in [-0.2, 0) is 6.42 Å². The number of ether oxygens (including phenoxy) is 2. The number of thiocarbonyl (C=S) groups is 1. The van der Waals surface area contributed by atoms with Gasteiger partial charge in [0.1, 0.15) is 0 Å². The lowest BCUT2D eigenvalue weighted by atomic mass is 10.2. The summed E-state index contributed by atoms with van der Waals surface area (Å²) in [6.45, 7) is 0. The molecule has 0 spiro atoms. The number of aromatic nitrogens is 2. The van der Waals surface area contributed by atoms with E-state index in [1.54, 1.807) is 26.4 Å². The average Bonchev–Trinajstić information content (AvgIpc) is 2.85. The molecule has 0 saturated heterocycles. The predicted molar refractivity (Wildman–Crippen MR) is 73.3 cm³/mol. The lowest BCUT2D eigenvalue weighted by Crippen LogP contribution is -2.11. The third kappa shape index (κ3) is 3.00. The summed E-state index contributed by atoms with van der Waals surface area (Å²) in [5, 5.41) is 3.87. The van der Waals surface area contributed by atoms with Crippen LogP contribution in [0.1, 0.15) is 5.89 Å². The standard InChI is InChI=1S/C12H13N3O3S/c1-16-8-4-3-7(5-9(8)17-2)12-14-11(18-15-12)6-10(13)19/h3-5H,6H2,1-2H3,(H2,13,19). The Morgan fingerprint density at radius 2 is 2.05 bits per heavy atom. The minimum absolute atomic E-state index is 0.287. The molecule has 2 N–H and O–H groups in total. The van der Waals surface area contributed by atoms with E-state index in [1.165, 1.54) is 0 Å². The fourth-order valence-electron chi connectivity index (χ4n) is 1.57. The predicted octanol–water partition coefficient (Wildman–Crippen LogP) is 1.58. The molecule has 100 valence electrons. The molecule has 0 unspecified atom stereocenters. The molecule has 19 heavy (non-hydrogen) atoms. The summed E-state index contributed by atoms with van der Waals surface area (Å²) in [7, 11) is 3.14. The normalized spacial score (nSPS) is 10.2. The van der Waals surface area contributed by atoms with Crippen molar-refractivity contribution < 1.29 is 14.0 Å². The maximum absolute atomic E-state index is 5.42. The molecule has 1 heterocycles. The van der Waals surface area contributed by atoms with Crippen molar-refractivity contribution in [1.29, 1.82) is 0 Å². The number of methoxy groups -OCH3 is 2. The molecule has 0 amide bonds. The van der Waals surface area contributed by atoms with Crippen molar-refractivity contribution in [2.24, 2.45) is 5.73 Å². The number of benzene rings is 1. The zero-order chi connectivity index (χ0) is 13.8. The maximum Gasteiger partial charge on any atom is 0.233 e. The third-order valence-electron chi connectivity index (χ3n) is 2.44. The van der Waals surface area contributed by atoms with Crippen molar-refractivity contribution in [2.75, 3.05) is 14.2 Å². The number of hydrogen-bond acceptors (Lipinski definition) is 6. The van der Waals surface area contributed by atoms with E-state index in [0.717, 1.165) is 5.56 Å². The Hall–Kier alpha value is -2.15. The Labute approximate surface area is 115 Å². The topological polar surface area (TPSA) is 83.4 Å². The molecule has 0 bridgehead atoms. The molecule has 1 aromatic heterocycles. The van der Waals surface area contributed by atoms with Crippen molar-refractivity contribution in [1.82, 2.24) is 10.1 Å². The lowest BCUT2D eigenvalue weighted by molar-refractivity contribution is 0.355. The van der Waals surface area contributed by atoms with Crippen molar-refractivity contribution in [3.63, 3.8) is 0 Å². The smallest absolute Gasteiger partial charge is 0.233 e. The van der Waals surface area contributed by atoms with Crippen LogP contribution >= 0.6 is 12.2 Å². The number of nitrogens with zero attached hydrogens (tertiary/aromatic N) is 2. The average molecular weight is 279 g/mol. The van der Waals surface area contributed by atoms with Crippen LogP contribution in [0.25, 0.3) is 11.4 Å². The van der Waals surface area contributed by atoms with Gasteiger partial charge in [0.2, 0.25) is 11.7 Å². The van der Waals surface area contributed by atoms with Crippen LogP contribution in [0.2, 0.25) is 0 Å². The van der Waals surface area contributed by atoms with Crippen LogP contribution < -0.4 is 15.2 Å². The van der Waals surface area contributed by atoms with Crippen LogP contribution in [0.3, 0.4) is 0 Å². The first-order chi connectivity index (χ1) is 9.13. The third-order valence-corrected chi connectivity index (χ3v) is 2.58. The second kappa shape index (κ2) is 5.66. The van der Waals surface area contributed by atoms with E-state index in [2.05, 4.69) is 10.1 Å². The molecule has 0 aliphatic rings. The Balaban J connectivity index is 2.31. The summed E-state index contributed by atoms with van der Waals surface area (Å²) in [6.07, 6.45) is 0.287. The quantitative estimate of drug-likeness (QED) is 0.832. The largest absolute Gasteiger partial charge is 0.493 e. The van der Waals surface area contributed by atoms with Crippen molar-refractivity contribution >= 4 is 17.2 Å². The zero-order valence-electron chi connectivity index (χ0n) is 10.5. The highest BCUT2D eigenvalue weighted by atomic mass is 32.1. The Bertz CT molecular complexity index is 598. The molecule has 0 atom stereocenters. The molecule has 1 aromatic carbocycles. The SMILES string of the molecule is COc1ccc(-c2noc(CC(N)=S)n2)cc1OC. The second-order valence-electron chi connectivity index (χ2n) is 3.72. The minimum atomic E-state index is 0.287. The lowest BCUT2D eigenvalue weighted by Gasteiger charge is -2.07. The monoisotopic (exact) mass is 279 g/mol. The van der Waals surface area contributed by atoms with Gasteiger partial charge in [-0.1, -0.05) is 17.4 Å². The fourth-order valence-corrected chi connectivity index (χ4v) is 1.69. The highest BCUT2D eigenvalue weighted by molar-refractivity contribution is 7.80. The van der Waals surface area contributed by atoms with Crippen molar-refractivity contribution in [3.8, 4) is 22.9 Å². The van der Waals surface area contributed by atoms with Crippen LogP contribution in [0.4, 0.5) is 0 Å². The Morgan fingerprint density at radius 1 is 1.32 bits per heavy atom. The highest BCUT2D eigenvalue weighted by Gasteiger charge is 2.12. The van der Waals surface area contributed by atoms with E-state index in [9.17, 15) is 0 Å². The van der Waals surface area contributed by atoms with Crippen LogP contribution in [0.15, 0.2) is 22.7 Å². The summed E-state index contributed by atoms with van der Waals surface area (Å²) in [5.74, 6) is 2.07. The molecule has 2 aromatic rings. The molecule has 0 aliphatic carbocycles. The summed E-state index contributed by atoms with van der Waals surface area (Å²) >= 11 is 4.79. The van der Waals surface area contributed by atoms with Gasteiger partial charge in [0.05, 0.1) is 25.6 Å². The van der Waals surface area contributed by atoms with Gasteiger partial charge < -0.3 is 19.7 Å². The molecule has 0 saturated carbocycles. The van der Waals surface area contributed by atoms with Gasteiger partial charge >= 0.3 is 0 Å².